The Morgan fingerprint density at radius 2 is 2.11 bits per heavy atom. The van der Waals surface area contributed by atoms with E-state index in [4.69, 9.17) is 10.5 Å². The molecule has 1 atom stereocenters. The molecule has 1 unspecified atom stereocenters. The molecular weight excluding hydrogens is 230 g/mol. The number of fused-ring (bicyclic) bond motifs is 1. The highest BCUT2D eigenvalue weighted by atomic mass is 16.5. The van der Waals surface area contributed by atoms with Gasteiger partial charge in [0, 0.05) is 0 Å². The zero-order chi connectivity index (χ0) is 13.2. The van der Waals surface area contributed by atoms with Crippen molar-refractivity contribution >= 4 is 0 Å². The van der Waals surface area contributed by atoms with Gasteiger partial charge in [0.2, 0.25) is 0 Å². The monoisotopic (exact) mass is 251 g/mol. The SMILES string of the molecule is Cc1ccc2c(c1)OCCC2CC(N)(CO)CO. The number of aryl methyl sites for hydroxylation is 1. The number of hydrogen-bond acceptors (Lipinski definition) is 4. The number of hydrogen-bond donors (Lipinski definition) is 3. The standard InChI is InChI=1S/C14H21NO3/c1-10-2-3-12-11(4-5-18-13(12)6-10)7-14(15,8-16)9-17/h2-3,6,11,16-17H,4-5,7-9,15H2,1H3. The molecule has 0 saturated heterocycles. The Kier molecular flexibility index (Phi) is 3.90. The van der Waals surface area contributed by atoms with Crippen molar-refractivity contribution < 1.29 is 14.9 Å². The van der Waals surface area contributed by atoms with Gasteiger partial charge in [-0.3, -0.25) is 0 Å². The molecule has 1 aromatic rings. The fourth-order valence-electron chi connectivity index (χ4n) is 2.45. The Labute approximate surface area is 107 Å². The third kappa shape index (κ3) is 2.66. The van der Waals surface area contributed by atoms with E-state index in [1.807, 2.05) is 13.0 Å². The first-order valence-corrected chi connectivity index (χ1v) is 6.32. The van der Waals surface area contributed by atoms with Crippen molar-refractivity contribution in [3.63, 3.8) is 0 Å². The highest BCUT2D eigenvalue weighted by molar-refractivity contribution is 5.41. The van der Waals surface area contributed by atoms with Crippen molar-refractivity contribution in [2.24, 2.45) is 5.73 Å². The summed E-state index contributed by atoms with van der Waals surface area (Å²) in [4.78, 5) is 0. The summed E-state index contributed by atoms with van der Waals surface area (Å²) in [5.41, 5.74) is 7.35. The smallest absolute Gasteiger partial charge is 0.123 e. The summed E-state index contributed by atoms with van der Waals surface area (Å²) in [6, 6.07) is 6.14. The molecule has 4 N–H and O–H groups in total. The highest BCUT2D eigenvalue weighted by Crippen LogP contribution is 2.38. The summed E-state index contributed by atoms with van der Waals surface area (Å²) < 4.78 is 5.65. The van der Waals surface area contributed by atoms with E-state index >= 15 is 0 Å². The van der Waals surface area contributed by atoms with Gasteiger partial charge in [0.15, 0.2) is 0 Å². The minimum atomic E-state index is -0.913. The van der Waals surface area contributed by atoms with E-state index in [0.29, 0.717) is 13.0 Å². The Morgan fingerprint density at radius 3 is 2.78 bits per heavy atom. The van der Waals surface area contributed by atoms with Crippen LogP contribution in [0.5, 0.6) is 5.75 Å². The zero-order valence-electron chi connectivity index (χ0n) is 10.7. The van der Waals surface area contributed by atoms with Crippen LogP contribution in [-0.4, -0.2) is 35.6 Å². The molecule has 4 nitrogen and oxygen atoms in total. The van der Waals surface area contributed by atoms with Crippen LogP contribution in [0.4, 0.5) is 0 Å². The topological polar surface area (TPSA) is 75.7 Å². The molecule has 0 radical (unpaired) electrons. The molecule has 0 aromatic heterocycles. The van der Waals surface area contributed by atoms with Gasteiger partial charge in [-0.1, -0.05) is 12.1 Å². The molecule has 0 bridgehead atoms. The fraction of sp³-hybridized carbons (Fsp3) is 0.571. The van der Waals surface area contributed by atoms with E-state index in [1.165, 1.54) is 0 Å². The molecule has 0 saturated carbocycles. The van der Waals surface area contributed by atoms with Crippen molar-refractivity contribution in [1.82, 2.24) is 0 Å². The number of nitrogens with two attached hydrogens (primary N) is 1. The third-order valence-corrected chi connectivity index (χ3v) is 3.62. The van der Waals surface area contributed by atoms with Gasteiger partial charge in [-0.25, -0.2) is 0 Å². The van der Waals surface area contributed by atoms with Crippen LogP contribution in [0.25, 0.3) is 0 Å². The van der Waals surface area contributed by atoms with Crippen LogP contribution in [0.1, 0.15) is 29.9 Å². The molecule has 1 aromatic carbocycles. The summed E-state index contributed by atoms with van der Waals surface area (Å²) in [7, 11) is 0. The van der Waals surface area contributed by atoms with Crippen molar-refractivity contribution in [3.05, 3.63) is 29.3 Å². The minimum Gasteiger partial charge on any atom is -0.493 e. The Bertz CT molecular complexity index is 416. The van der Waals surface area contributed by atoms with E-state index in [0.717, 1.165) is 23.3 Å². The molecule has 1 heterocycles. The second-order valence-electron chi connectivity index (χ2n) is 5.26. The maximum Gasteiger partial charge on any atom is 0.123 e. The van der Waals surface area contributed by atoms with Crippen LogP contribution in [0, 0.1) is 6.92 Å². The van der Waals surface area contributed by atoms with E-state index in [1.54, 1.807) is 0 Å². The molecular formula is C14H21NO3. The Balaban J connectivity index is 2.22. The molecule has 0 aliphatic carbocycles. The minimum absolute atomic E-state index is 0.206. The quantitative estimate of drug-likeness (QED) is 0.744. The normalized spacial score (nSPS) is 19.2. The largest absolute Gasteiger partial charge is 0.493 e. The van der Waals surface area contributed by atoms with Gasteiger partial charge in [0.25, 0.3) is 0 Å². The lowest BCUT2D eigenvalue weighted by Gasteiger charge is -2.33. The van der Waals surface area contributed by atoms with E-state index in [9.17, 15) is 10.2 Å². The van der Waals surface area contributed by atoms with Gasteiger partial charge < -0.3 is 20.7 Å². The number of aliphatic hydroxyl groups excluding tert-OH is 2. The van der Waals surface area contributed by atoms with Crippen LogP contribution in [-0.2, 0) is 0 Å². The van der Waals surface area contributed by atoms with Crippen molar-refractivity contribution in [2.75, 3.05) is 19.8 Å². The van der Waals surface area contributed by atoms with Crippen LogP contribution in [0.3, 0.4) is 0 Å². The second kappa shape index (κ2) is 5.26. The number of ether oxygens (including phenoxy) is 1. The van der Waals surface area contributed by atoms with Gasteiger partial charge in [0.05, 0.1) is 25.4 Å². The van der Waals surface area contributed by atoms with Gasteiger partial charge in [-0.2, -0.15) is 0 Å². The van der Waals surface area contributed by atoms with Crippen molar-refractivity contribution in [2.45, 2.75) is 31.2 Å². The fourth-order valence-corrected chi connectivity index (χ4v) is 2.45. The molecule has 0 amide bonds. The summed E-state index contributed by atoms with van der Waals surface area (Å²) in [6.45, 7) is 2.28. The lowest BCUT2D eigenvalue weighted by atomic mass is 9.81. The number of benzene rings is 1. The molecule has 0 fully saturated rings. The van der Waals surface area contributed by atoms with Gasteiger partial charge in [-0.15, -0.1) is 0 Å². The Hall–Kier alpha value is -1.10. The number of rotatable bonds is 4. The predicted molar refractivity (Wildman–Crippen MR) is 69.7 cm³/mol. The van der Waals surface area contributed by atoms with Crippen molar-refractivity contribution in [1.29, 1.82) is 0 Å². The Morgan fingerprint density at radius 1 is 1.39 bits per heavy atom. The second-order valence-corrected chi connectivity index (χ2v) is 5.26. The lowest BCUT2D eigenvalue weighted by molar-refractivity contribution is 0.103. The summed E-state index contributed by atoms with van der Waals surface area (Å²) >= 11 is 0. The average Bonchev–Trinajstić information content (AvgIpc) is 2.38. The maximum absolute atomic E-state index is 9.29. The molecule has 2 rings (SSSR count). The van der Waals surface area contributed by atoms with Gasteiger partial charge in [-0.05, 0) is 42.9 Å². The van der Waals surface area contributed by atoms with Crippen molar-refractivity contribution in [3.8, 4) is 5.75 Å². The van der Waals surface area contributed by atoms with E-state index in [-0.39, 0.29) is 19.1 Å². The molecule has 100 valence electrons. The first-order valence-electron chi connectivity index (χ1n) is 6.32. The van der Waals surface area contributed by atoms with E-state index in [2.05, 4.69) is 12.1 Å². The number of aliphatic hydroxyl groups is 2. The summed E-state index contributed by atoms with van der Waals surface area (Å²) in [5, 5.41) is 18.6. The maximum atomic E-state index is 9.29. The van der Waals surface area contributed by atoms with Crippen LogP contribution in [0.15, 0.2) is 18.2 Å². The molecule has 1 aliphatic heterocycles. The zero-order valence-corrected chi connectivity index (χ0v) is 10.7. The predicted octanol–water partition coefficient (Wildman–Crippen LogP) is 0.933. The first-order chi connectivity index (χ1) is 8.58. The average molecular weight is 251 g/mol. The van der Waals surface area contributed by atoms with Crippen LogP contribution in [0.2, 0.25) is 0 Å². The molecule has 1 aliphatic rings. The molecule has 18 heavy (non-hydrogen) atoms. The van der Waals surface area contributed by atoms with E-state index < -0.39 is 5.54 Å². The van der Waals surface area contributed by atoms with Gasteiger partial charge in [0.1, 0.15) is 5.75 Å². The lowest BCUT2D eigenvalue weighted by Crippen LogP contribution is -2.48. The van der Waals surface area contributed by atoms with Crippen LogP contribution < -0.4 is 10.5 Å². The highest BCUT2D eigenvalue weighted by Gasteiger charge is 2.31. The molecule has 4 heteroatoms. The van der Waals surface area contributed by atoms with Crippen LogP contribution >= 0.6 is 0 Å². The summed E-state index contributed by atoms with van der Waals surface area (Å²) in [6.07, 6.45) is 1.44. The third-order valence-electron chi connectivity index (χ3n) is 3.62. The molecule has 0 spiro atoms. The van der Waals surface area contributed by atoms with Gasteiger partial charge >= 0.3 is 0 Å². The first kappa shape index (κ1) is 13.3. The summed E-state index contributed by atoms with van der Waals surface area (Å²) in [5.74, 6) is 1.14.